The number of ether oxygens (including phenoxy) is 1. The number of thiophene rings is 1. The van der Waals surface area contributed by atoms with E-state index < -0.39 is 11.8 Å². The molecule has 0 atom stereocenters. The van der Waals surface area contributed by atoms with E-state index in [-0.39, 0.29) is 6.54 Å². The highest BCUT2D eigenvalue weighted by atomic mass is 32.1. The first kappa shape index (κ1) is 18.7. The largest absolute Gasteiger partial charge is 0.489 e. The smallest absolute Gasteiger partial charge is 0.309 e. The first-order chi connectivity index (χ1) is 13.2. The standard InChI is InChI=1S/C21H20N2O3S/c24-20(21(25)23-14-19-7-4-12-27-19)22-13-16-8-10-18(11-9-16)26-15-17-5-2-1-3-6-17/h1-12H,13-15H2,(H,22,24)(H,23,25). The number of hydrogen-bond donors (Lipinski definition) is 2. The van der Waals surface area contributed by atoms with Gasteiger partial charge >= 0.3 is 11.8 Å². The van der Waals surface area contributed by atoms with Crippen LogP contribution in [0.2, 0.25) is 0 Å². The molecule has 5 nitrogen and oxygen atoms in total. The summed E-state index contributed by atoms with van der Waals surface area (Å²) in [6.45, 7) is 1.14. The molecule has 0 saturated heterocycles. The van der Waals surface area contributed by atoms with Gasteiger partial charge in [0.15, 0.2) is 0 Å². The van der Waals surface area contributed by atoms with Gasteiger partial charge in [-0.1, -0.05) is 48.5 Å². The van der Waals surface area contributed by atoms with Crippen LogP contribution in [0.15, 0.2) is 72.1 Å². The third-order valence-electron chi connectivity index (χ3n) is 3.83. The molecule has 1 heterocycles. The Morgan fingerprint density at radius 3 is 2.15 bits per heavy atom. The van der Waals surface area contributed by atoms with Crippen LogP contribution in [0.3, 0.4) is 0 Å². The molecule has 0 fully saturated rings. The second kappa shape index (κ2) is 9.54. The predicted octanol–water partition coefficient (Wildman–Crippen LogP) is 3.26. The first-order valence-corrected chi connectivity index (χ1v) is 9.43. The normalized spacial score (nSPS) is 10.2. The molecular formula is C21H20N2O3S. The molecule has 27 heavy (non-hydrogen) atoms. The van der Waals surface area contributed by atoms with Crippen LogP contribution in [-0.2, 0) is 29.3 Å². The maximum Gasteiger partial charge on any atom is 0.309 e. The van der Waals surface area contributed by atoms with Gasteiger partial charge in [0.05, 0.1) is 6.54 Å². The van der Waals surface area contributed by atoms with Crippen molar-refractivity contribution in [2.75, 3.05) is 0 Å². The lowest BCUT2D eigenvalue weighted by Gasteiger charge is -2.08. The molecule has 2 amide bonds. The fraction of sp³-hybridized carbons (Fsp3) is 0.143. The highest BCUT2D eigenvalue weighted by Gasteiger charge is 2.12. The molecule has 2 aromatic carbocycles. The summed E-state index contributed by atoms with van der Waals surface area (Å²) < 4.78 is 5.73. The zero-order valence-corrected chi connectivity index (χ0v) is 15.5. The Balaban J connectivity index is 1.41. The molecule has 3 rings (SSSR count). The second-order valence-corrected chi connectivity index (χ2v) is 6.90. The van der Waals surface area contributed by atoms with Crippen molar-refractivity contribution in [2.24, 2.45) is 0 Å². The lowest BCUT2D eigenvalue weighted by Crippen LogP contribution is -2.39. The number of benzene rings is 2. The third-order valence-corrected chi connectivity index (χ3v) is 4.71. The van der Waals surface area contributed by atoms with Gasteiger partial charge < -0.3 is 15.4 Å². The van der Waals surface area contributed by atoms with Gasteiger partial charge in [-0.05, 0) is 34.7 Å². The Morgan fingerprint density at radius 1 is 0.778 bits per heavy atom. The molecular weight excluding hydrogens is 360 g/mol. The molecule has 0 saturated carbocycles. The van der Waals surface area contributed by atoms with Crippen LogP contribution in [0.5, 0.6) is 5.75 Å². The summed E-state index contributed by atoms with van der Waals surface area (Å²) in [7, 11) is 0. The zero-order valence-electron chi connectivity index (χ0n) is 14.7. The Kier molecular flexibility index (Phi) is 6.60. The number of rotatable bonds is 7. The summed E-state index contributed by atoms with van der Waals surface area (Å²) in [6, 6.07) is 21.2. The number of carbonyl (C=O) groups is 2. The van der Waals surface area contributed by atoms with Crippen molar-refractivity contribution in [1.82, 2.24) is 10.6 Å². The summed E-state index contributed by atoms with van der Waals surface area (Å²) in [4.78, 5) is 24.7. The van der Waals surface area contributed by atoms with Crippen molar-refractivity contribution in [3.63, 3.8) is 0 Å². The van der Waals surface area contributed by atoms with Gasteiger partial charge in [0.1, 0.15) is 12.4 Å². The Hall–Kier alpha value is -3.12. The van der Waals surface area contributed by atoms with E-state index in [0.29, 0.717) is 13.2 Å². The fourth-order valence-corrected chi connectivity index (χ4v) is 3.01. The Morgan fingerprint density at radius 2 is 1.48 bits per heavy atom. The van der Waals surface area contributed by atoms with Crippen LogP contribution >= 0.6 is 11.3 Å². The Bertz CT molecular complexity index is 862. The van der Waals surface area contributed by atoms with E-state index in [2.05, 4.69) is 10.6 Å². The average molecular weight is 380 g/mol. The topological polar surface area (TPSA) is 67.4 Å². The molecule has 0 spiro atoms. The number of amides is 2. The van der Waals surface area contributed by atoms with Crippen molar-refractivity contribution in [3.8, 4) is 5.75 Å². The SMILES string of the molecule is O=C(NCc1ccc(OCc2ccccc2)cc1)C(=O)NCc1cccs1. The van der Waals surface area contributed by atoms with Gasteiger partial charge in [0, 0.05) is 11.4 Å². The number of nitrogens with one attached hydrogen (secondary N) is 2. The van der Waals surface area contributed by atoms with E-state index >= 15 is 0 Å². The summed E-state index contributed by atoms with van der Waals surface area (Å²) in [5.41, 5.74) is 1.99. The molecule has 1 aromatic heterocycles. The van der Waals surface area contributed by atoms with E-state index in [1.165, 1.54) is 11.3 Å². The summed E-state index contributed by atoms with van der Waals surface area (Å²) in [5, 5.41) is 7.15. The molecule has 6 heteroatoms. The Labute approximate surface area is 162 Å². The maximum absolute atomic E-state index is 11.9. The molecule has 2 N–H and O–H groups in total. The maximum atomic E-state index is 11.9. The van der Waals surface area contributed by atoms with E-state index in [1.54, 1.807) is 0 Å². The predicted molar refractivity (Wildman–Crippen MR) is 105 cm³/mol. The quantitative estimate of drug-likeness (QED) is 0.618. The van der Waals surface area contributed by atoms with Crippen LogP contribution in [0.4, 0.5) is 0 Å². The molecule has 0 aliphatic carbocycles. The summed E-state index contributed by atoms with van der Waals surface area (Å²) >= 11 is 1.53. The minimum Gasteiger partial charge on any atom is -0.489 e. The lowest BCUT2D eigenvalue weighted by molar-refractivity contribution is -0.139. The van der Waals surface area contributed by atoms with Crippen LogP contribution < -0.4 is 15.4 Å². The second-order valence-electron chi connectivity index (χ2n) is 5.86. The summed E-state index contributed by atoms with van der Waals surface area (Å²) in [5.74, 6) is -0.523. The van der Waals surface area contributed by atoms with E-state index in [1.807, 2.05) is 72.1 Å². The molecule has 3 aromatic rings. The van der Waals surface area contributed by atoms with Gasteiger partial charge in [0.2, 0.25) is 0 Å². The molecule has 0 aliphatic heterocycles. The van der Waals surface area contributed by atoms with Gasteiger partial charge in [-0.3, -0.25) is 9.59 Å². The van der Waals surface area contributed by atoms with Crippen molar-refractivity contribution in [3.05, 3.63) is 88.1 Å². The monoisotopic (exact) mass is 380 g/mol. The van der Waals surface area contributed by atoms with Crippen LogP contribution in [0.25, 0.3) is 0 Å². The van der Waals surface area contributed by atoms with E-state index in [0.717, 1.165) is 21.8 Å². The zero-order chi connectivity index (χ0) is 18.9. The van der Waals surface area contributed by atoms with E-state index in [9.17, 15) is 9.59 Å². The highest BCUT2D eigenvalue weighted by Crippen LogP contribution is 2.14. The lowest BCUT2D eigenvalue weighted by atomic mass is 10.2. The average Bonchev–Trinajstić information content (AvgIpc) is 3.24. The van der Waals surface area contributed by atoms with E-state index in [4.69, 9.17) is 4.74 Å². The molecule has 138 valence electrons. The molecule has 0 unspecified atom stereocenters. The number of hydrogen-bond acceptors (Lipinski definition) is 4. The van der Waals surface area contributed by atoms with Gasteiger partial charge in [0.25, 0.3) is 0 Å². The van der Waals surface area contributed by atoms with Crippen LogP contribution in [-0.4, -0.2) is 11.8 Å². The highest BCUT2D eigenvalue weighted by molar-refractivity contribution is 7.09. The molecule has 0 radical (unpaired) electrons. The summed E-state index contributed by atoms with van der Waals surface area (Å²) in [6.07, 6.45) is 0. The van der Waals surface area contributed by atoms with Crippen molar-refractivity contribution < 1.29 is 14.3 Å². The third kappa shape index (κ3) is 5.97. The van der Waals surface area contributed by atoms with Crippen molar-refractivity contribution >= 4 is 23.2 Å². The fourth-order valence-electron chi connectivity index (χ4n) is 2.37. The van der Waals surface area contributed by atoms with Crippen molar-refractivity contribution in [1.29, 1.82) is 0 Å². The van der Waals surface area contributed by atoms with Gasteiger partial charge in [-0.25, -0.2) is 0 Å². The van der Waals surface area contributed by atoms with Crippen LogP contribution in [0, 0.1) is 0 Å². The number of carbonyl (C=O) groups excluding carboxylic acids is 2. The molecule has 0 aliphatic rings. The van der Waals surface area contributed by atoms with Gasteiger partial charge in [-0.2, -0.15) is 0 Å². The van der Waals surface area contributed by atoms with Crippen LogP contribution in [0.1, 0.15) is 16.0 Å². The minimum absolute atomic E-state index is 0.282. The van der Waals surface area contributed by atoms with Gasteiger partial charge in [-0.15, -0.1) is 11.3 Å². The molecule has 0 bridgehead atoms. The minimum atomic E-state index is -0.643. The van der Waals surface area contributed by atoms with Crippen molar-refractivity contribution in [2.45, 2.75) is 19.7 Å². The first-order valence-electron chi connectivity index (χ1n) is 8.55.